The van der Waals surface area contributed by atoms with Crippen LogP contribution in [0, 0.1) is 5.82 Å². The Labute approximate surface area is 113 Å². The Kier molecular flexibility index (Phi) is 3.09. The van der Waals surface area contributed by atoms with Gasteiger partial charge in [0.1, 0.15) is 12.1 Å². The maximum Gasteiger partial charge on any atom is 0.248 e. The first-order valence-electron chi connectivity index (χ1n) is 5.89. The van der Waals surface area contributed by atoms with Crippen molar-refractivity contribution in [2.75, 3.05) is 0 Å². The lowest BCUT2D eigenvalue weighted by Gasteiger charge is -2.07. The molecule has 0 saturated carbocycles. The molecule has 98 valence electrons. The molecule has 0 fully saturated rings. The Bertz CT molecular complexity index is 754. The largest absolute Gasteiger partial charge is 0.423 e. The zero-order chi connectivity index (χ0) is 13.9. The summed E-state index contributed by atoms with van der Waals surface area (Å²) in [6.45, 7) is 0. The van der Waals surface area contributed by atoms with Crippen LogP contribution in [0.5, 0.6) is 0 Å². The predicted molar refractivity (Wildman–Crippen MR) is 70.5 cm³/mol. The number of nitrogens with zero attached hydrogens (tertiary/aromatic N) is 2. The minimum Gasteiger partial charge on any atom is -0.423 e. The van der Waals surface area contributed by atoms with Crippen LogP contribution in [0.3, 0.4) is 0 Å². The van der Waals surface area contributed by atoms with Crippen molar-refractivity contribution < 1.29 is 13.6 Å². The van der Waals surface area contributed by atoms with E-state index in [1.54, 1.807) is 24.3 Å². The van der Waals surface area contributed by atoms with Crippen LogP contribution in [-0.2, 0) is 0 Å². The topological polar surface area (TPSA) is 56.0 Å². The number of halogens is 1. The normalized spacial score (nSPS) is 10.4. The van der Waals surface area contributed by atoms with Crippen molar-refractivity contribution in [2.24, 2.45) is 0 Å². The van der Waals surface area contributed by atoms with Crippen LogP contribution in [0.2, 0.25) is 0 Å². The molecule has 0 aliphatic carbocycles. The molecule has 0 aliphatic rings. The molecule has 1 heterocycles. The third-order valence-electron chi connectivity index (χ3n) is 2.91. The number of hydrogen-bond donors (Lipinski definition) is 0. The number of carbonyl (C=O) groups excluding carboxylic acids is 1. The summed E-state index contributed by atoms with van der Waals surface area (Å²) in [6.07, 6.45) is 1.95. The zero-order valence-electron chi connectivity index (χ0n) is 10.3. The second kappa shape index (κ2) is 5.05. The summed E-state index contributed by atoms with van der Waals surface area (Å²) in [7, 11) is 0. The molecular formula is C15H9FN2O2. The van der Waals surface area contributed by atoms with Crippen molar-refractivity contribution >= 4 is 6.29 Å². The highest BCUT2D eigenvalue weighted by Crippen LogP contribution is 2.31. The van der Waals surface area contributed by atoms with Gasteiger partial charge in [-0.25, -0.2) is 4.39 Å². The van der Waals surface area contributed by atoms with Gasteiger partial charge >= 0.3 is 0 Å². The summed E-state index contributed by atoms with van der Waals surface area (Å²) in [6, 6.07) is 11.3. The van der Waals surface area contributed by atoms with Crippen LogP contribution in [0.15, 0.2) is 53.3 Å². The van der Waals surface area contributed by atoms with Gasteiger partial charge in [0.05, 0.1) is 0 Å². The van der Waals surface area contributed by atoms with Crippen molar-refractivity contribution in [3.05, 3.63) is 60.2 Å². The summed E-state index contributed by atoms with van der Waals surface area (Å²) >= 11 is 0. The van der Waals surface area contributed by atoms with E-state index in [2.05, 4.69) is 10.2 Å². The molecule has 20 heavy (non-hydrogen) atoms. The Hall–Kier alpha value is -2.82. The first kappa shape index (κ1) is 12.2. The van der Waals surface area contributed by atoms with Gasteiger partial charge in [-0.15, -0.1) is 10.2 Å². The smallest absolute Gasteiger partial charge is 0.248 e. The van der Waals surface area contributed by atoms with E-state index in [1.165, 1.54) is 18.5 Å². The second-order valence-corrected chi connectivity index (χ2v) is 4.18. The Morgan fingerprint density at radius 2 is 2.00 bits per heavy atom. The Morgan fingerprint density at radius 1 is 1.10 bits per heavy atom. The van der Waals surface area contributed by atoms with Gasteiger partial charge in [0.2, 0.25) is 12.3 Å². The van der Waals surface area contributed by atoms with E-state index in [1.807, 2.05) is 6.07 Å². The second-order valence-electron chi connectivity index (χ2n) is 4.18. The number of carbonyl (C=O) groups is 1. The van der Waals surface area contributed by atoms with Gasteiger partial charge in [-0.1, -0.05) is 24.3 Å². The fraction of sp³-hybridized carbons (Fsp3) is 0. The first-order chi connectivity index (χ1) is 9.78. The van der Waals surface area contributed by atoms with Gasteiger partial charge in [-0.2, -0.15) is 0 Å². The van der Waals surface area contributed by atoms with Gasteiger partial charge in [0.25, 0.3) is 0 Å². The van der Waals surface area contributed by atoms with E-state index in [0.29, 0.717) is 11.1 Å². The lowest BCUT2D eigenvalue weighted by Crippen LogP contribution is -1.89. The average molecular weight is 268 g/mol. The van der Waals surface area contributed by atoms with E-state index in [9.17, 15) is 9.18 Å². The molecule has 0 atom stereocenters. The van der Waals surface area contributed by atoms with Crippen molar-refractivity contribution in [1.29, 1.82) is 0 Å². The molecular weight excluding hydrogens is 259 g/mol. The van der Waals surface area contributed by atoms with Gasteiger partial charge in [0.15, 0.2) is 0 Å². The van der Waals surface area contributed by atoms with Crippen molar-refractivity contribution in [1.82, 2.24) is 10.2 Å². The SMILES string of the molecule is O=Cc1cccc(-c2ccc(F)cc2-c2nnco2)c1. The van der Waals surface area contributed by atoms with Crippen LogP contribution in [0.25, 0.3) is 22.6 Å². The molecule has 0 spiro atoms. The number of aldehydes is 1. The molecule has 0 N–H and O–H groups in total. The van der Waals surface area contributed by atoms with Gasteiger partial charge in [0, 0.05) is 11.1 Å². The predicted octanol–water partition coefficient (Wildman–Crippen LogP) is 3.36. The number of aromatic nitrogens is 2. The minimum atomic E-state index is -0.395. The van der Waals surface area contributed by atoms with Gasteiger partial charge in [-0.3, -0.25) is 4.79 Å². The summed E-state index contributed by atoms with van der Waals surface area (Å²) in [4.78, 5) is 10.9. The fourth-order valence-corrected chi connectivity index (χ4v) is 2.02. The summed E-state index contributed by atoms with van der Waals surface area (Å²) < 4.78 is 18.6. The molecule has 0 amide bonds. The molecule has 0 unspecified atom stereocenters. The molecule has 4 nitrogen and oxygen atoms in total. The molecule has 3 rings (SSSR count). The van der Waals surface area contributed by atoms with Crippen LogP contribution < -0.4 is 0 Å². The highest BCUT2D eigenvalue weighted by Gasteiger charge is 2.13. The zero-order valence-corrected chi connectivity index (χ0v) is 10.3. The van der Waals surface area contributed by atoms with Crippen LogP contribution >= 0.6 is 0 Å². The highest BCUT2D eigenvalue weighted by atomic mass is 19.1. The maximum atomic E-state index is 13.5. The average Bonchev–Trinajstić information content (AvgIpc) is 3.01. The lowest BCUT2D eigenvalue weighted by molar-refractivity contribution is 0.112. The van der Waals surface area contributed by atoms with Crippen molar-refractivity contribution in [3.63, 3.8) is 0 Å². The number of hydrogen-bond acceptors (Lipinski definition) is 4. The summed E-state index contributed by atoms with van der Waals surface area (Å²) in [5.74, 6) is -0.163. The summed E-state index contributed by atoms with van der Waals surface area (Å²) in [5, 5.41) is 7.40. The van der Waals surface area contributed by atoms with Crippen molar-refractivity contribution in [2.45, 2.75) is 0 Å². The maximum absolute atomic E-state index is 13.5. The molecule has 3 aromatic rings. The van der Waals surface area contributed by atoms with Crippen molar-refractivity contribution in [3.8, 4) is 22.6 Å². The third kappa shape index (κ3) is 2.21. The highest BCUT2D eigenvalue weighted by molar-refractivity contribution is 5.84. The molecule has 0 saturated heterocycles. The first-order valence-corrected chi connectivity index (χ1v) is 5.89. The number of rotatable bonds is 3. The number of benzene rings is 2. The third-order valence-corrected chi connectivity index (χ3v) is 2.91. The van der Waals surface area contributed by atoms with E-state index < -0.39 is 5.82 Å². The van der Waals surface area contributed by atoms with E-state index in [0.717, 1.165) is 17.4 Å². The van der Waals surface area contributed by atoms with E-state index in [4.69, 9.17) is 4.42 Å². The standard InChI is InChI=1S/C15H9FN2O2/c16-12-4-5-13(11-3-1-2-10(6-11)8-19)14(7-12)15-18-17-9-20-15/h1-9H. The van der Waals surface area contributed by atoms with E-state index in [-0.39, 0.29) is 5.89 Å². The lowest BCUT2D eigenvalue weighted by atomic mass is 9.98. The Balaban J connectivity index is 2.20. The monoisotopic (exact) mass is 268 g/mol. The van der Waals surface area contributed by atoms with Gasteiger partial charge < -0.3 is 4.42 Å². The fourth-order valence-electron chi connectivity index (χ4n) is 2.02. The molecule has 0 radical (unpaired) electrons. The van der Waals surface area contributed by atoms with Gasteiger partial charge in [-0.05, 0) is 29.3 Å². The minimum absolute atomic E-state index is 0.232. The Morgan fingerprint density at radius 3 is 2.75 bits per heavy atom. The molecule has 0 bridgehead atoms. The molecule has 1 aromatic heterocycles. The quantitative estimate of drug-likeness (QED) is 0.683. The molecule has 5 heteroatoms. The molecule has 0 aliphatic heterocycles. The summed E-state index contributed by atoms with van der Waals surface area (Å²) in [5.41, 5.74) is 2.54. The van der Waals surface area contributed by atoms with E-state index >= 15 is 0 Å². The van der Waals surface area contributed by atoms with Crippen LogP contribution in [0.4, 0.5) is 4.39 Å². The molecule has 2 aromatic carbocycles. The van der Waals surface area contributed by atoms with Crippen LogP contribution in [0.1, 0.15) is 10.4 Å². The van der Waals surface area contributed by atoms with Crippen LogP contribution in [-0.4, -0.2) is 16.5 Å².